The van der Waals surface area contributed by atoms with Crippen LogP contribution in [0.3, 0.4) is 0 Å². The van der Waals surface area contributed by atoms with Crippen LogP contribution in [0.4, 0.5) is 0 Å². The molecule has 0 aliphatic heterocycles. The summed E-state index contributed by atoms with van der Waals surface area (Å²) in [5, 5.41) is 0. The number of esters is 1. The van der Waals surface area contributed by atoms with Crippen LogP contribution < -0.4 is 10.5 Å². The molecule has 1 aromatic heterocycles. The van der Waals surface area contributed by atoms with Gasteiger partial charge in [0.15, 0.2) is 0 Å². The molecule has 21 heavy (non-hydrogen) atoms. The third-order valence-electron chi connectivity index (χ3n) is 2.63. The topological polar surface area (TPSA) is 87.3 Å². The predicted molar refractivity (Wildman–Crippen MR) is 79.5 cm³/mol. The van der Waals surface area contributed by atoms with E-state index in [4.69, 9.17) is 10.5 Å². The second kappa shape index (κ2) is 8.18. The predicted octanol–water partition coefficient (Wildman–Crippen LogP) is 1.73. The number of nitrogens with zero attached hydrogens (tertiary/aromatic N) is 2. The Balaban J connectivity index is 0.00000220. The van der Waals surface area contributed by atoms with E-state index in [2.05, 4.69) is 14.7 Å². The van der Waals surface area contributed by atoms with Crippen LogP contribution in [0.25, 0.3) is 0 Å². The highest BCUT2D eigenvalue weighted by Gasteiger charge is 2.14. The fourth-order valence-corrected chi connectivity index (χ4v) is 1.63. The summed E-state index contributed by atoms with van der Waals surface area (Å²) in [5.41, 5.74) is 6.62. The van der Waals surface area contributed by atoms with Crippen molar-refractivity contribution in [2.45, 2.75) is 12.5 Å². The van der Waals surface area contributed by atoms with Crippen LogP contribution in [0.15, 0.2) is 42.7 Å². The zero-order valence-corrected chi connectivity index (χ0v) is 12.2. The van der Waals surface area contributed by atoms with Gasteiger partial charge >= 0.3 is 12.0 Å². The van der Waals surface area contributed by atoms with Gasteiger partial charge in [0, 0.05) is 12.4 Å². The Bertz CT molecular complexity index is 563. The molecule has 2 rings (SSSR count). The first-order valence-electron chi connectivity index (χ1n) is 6.06. The number of carbonyl (C=O) groups is 1. The molecule has 0 saturated heterocycles. The number of hydrogen-bond donors (Lipinski definition) is 1. The largest absolute Gasteiger partial charge is 0.468 e. The molecule has 0 saturated carbocycles. The summed E-state index contributed by atoms with van der Waals surface area (Å²) < 4.78 is 10.0. The van der Waals surface area contributed by atoms with Crippen LogP contribution in [0, 0.1) is 0 Å². The van der Waals surface area contributed by atoms with Crippen molar-refractivity contribution in [3.8, 4) is 11.8 Å². The van der Waals surface area contributed by atoms with Gasteiger partial charge in [0.2, 0.25) is 0 Å². The Morgan fingerprint density at radius 3 is 2.43 bits per heavy atom. The highest BCUT2D eigenvalue weighted by Crippen LogP contribution is 2.18. The quantitative estimate of drug-likeness (QED) is 0.846. The molecule has 2 aromatic rings. The maximum atomic E-state index is 11.2. The van der Waals surface area contributed by atoms with Gasteiger partial charge in [0.25, 0.3) is 0 Å². The second-order valence-electron chi connectivity index (χ2n) is 4.11. The molecule has 112 valence electrons. The number of nitrogens with two attached hydrogens (primary N) is 1. The Morgan fingerprint density at radius 2 is 1.86 bits per heavy atom. The molecule has 1 heterocycles. The molecule has 0 aliphatic rings. The highest BCUT2D eigenvalue weighted by atomic mass is 35.5. The van der Waals surface area contributed by atoms with Crippen LogP contribution in [0.5, 0.6) is 11.8 Å². The van der Waals surface area contributed by atoms with Gasteiger partial charge in [0.05, 0.1) is 7.11 Å². The molecule has 0 aliphatic carbocycles. The Hall–Kier alpha value is -2.18. The third kappa shape index (κ3) is 5.02. The van der Waals surface area contributed by atoms with Crippen molar-refractivity contribution in [2.75, 3.05) is 7.11 Å². The van der Waals surface area contributed by atoms with Crippen molar-refractivity contribution >= 4 is 18.4 Å². The van der Waals surface area contributed by atoms with Crippen LogP contribution >= 0.6 is 12.4 Å². The zero-order valence-electron chi connectivity index (χ0n) is 11.4. The summed E-state index contributed by atoms with van der Waals surface area (Å²) in [6, 6.07) is 8.55. The minimum Gasteiger partial charge on any atom is -0.468 e. The van der Waals surface area contributed by atoms with Crippen molar-refractivity contribution < 1.29 is 14.3 Å². The summed E-state index contributed by atoms with van der Waals surface area (Å²) >= 11 is 0. The number of carbonyl (C=O) groups excluding carboxylic acids is 1. The van der Waals surface area contributed by atoms with Gasteiger partial charge in [-0.05, 0) is 30.2 Å². The van der Waals surface area contributed by atoms with Crippen molar-refractivity contribution in [3.05, 3.63) is 48.3 Å². The van der Waals surface area contributed by atoms with E-state index in [1.54, 1.807) is 30.6 Å². The number of aromatic nitrogens is 2. The number of benzene rings is 1. The first kappa shape index (κ1) is 16.9. The molecule has 7 heteroatoms. The average molecular weight is 310 g/mol. The standard InChI is InChI=1S/C14H15N3O3.ClH/c1-19-13(18)12(15)9-10-3-5-11(6-4-10)20-14-16-7-2-8-17-14;/h2-8,12H,9,15H2,1H3;1H/t12-;/m0./s1. The molecule has 6 nitrogen and oxygen atoms in total. The van der Waals surface area contributed by atoms with Crippen molar-refractivity contribution in [3.63, 3.8) is 0 Å². The number of methoxy groups -OCH3 is 1. The van der Waals surface area contributed by atoms with Crippen LogP contribution in [0.2, 0.25) is 0 Å². The van der Waals surface area contributed by atoms with E-state index in [0.29, 0.717) is 12.2 Å². The van der Waals surface area contributed by atoms with Gasteiger partial charge in [-0.1, -0.05) is 12.1 Å². The molecule has 0 fully saturated rings. The summed E-state index contributed by atoms with van der Waals surface area (Å²) in [6.07, 6.45) is 3.62. The minimum absolute atomic E-state index is 0. The molecule has 0 amide bonds. The van der Waals surface area contributed by atoms with E-state index in [0.717, 1.165) is 5.56 Å². The number of hydrogen-bond acceptors (Lipinski definition) is 6. The van der Waals surface area contributed by atoms with E-state index in [1.165, 1.54) is 7.11 Å². The van der Waals surface area contributed by atoms with Crippen LogP contribution in [0.1, 0.15) is 5.56 Å². The number of halogens is 1. The average Bonchev–Trinajstić information content (AvgIpc) is 2.49. The highest BCUT2D eigenvalue weighted by molar-refractivity contribution is 5.85. The lowest BCUT2D eigenvalue weighted by atomic mass is 10.1. The van der Waals surface area contributed by atoms with E-state index < -0.39 is 12.0 Å². The van der Waals surface area contributed by atoms with Crippen molar-refractivity contribution in [1.29, 1.82) is 0 Å². The summed E-state index contributed by atoms with van der Waals surface area (Å²) in [6.45, 7) is 0. The van der Waals surface area contributed by atoms with Gasteiger partial charge in [-0.15, -0.1) is 12.4 Å². The molecule has 0 unspecified atom stereocenters. The maximum absolute atomic E-state index is 11.2. The first-order chi connectivity index (χ1) is 9.69. The normalized spacial score (nSPS) is 11.1. The summed E-state index contributed by atoms with van der Waals surface area (Å²) in [4.78, 5) is 19.2. The smallest absolute Gasteiger partial charge is 0.322 e. The molecular weight excluding hydrogens is 294 g/mol. The molecule has 1 aromatic carbocycles. The molecule has 1 atom stereocenters. The Morgan fingerprint density at radius 1 is 1.24 bits per heavy atom. The lowest BCUT2D eigenvalue weighted by Crippen LogP contribution is -2.33. The van der Waals surface area contributed by atoms with E-state index in [1.807, 2.05) is 12.1 Å². The van der Waals surface area contributed by atoms with Gasteiger partial charge in [0.1, 0.15) is 11.8 Å². The van der Waals surface area contributed by atoms with Crippen LogP contribution in [-0.2, 0) is 16.0 Å². The molecule has 0 spiro atoms. The molecule has 0 bridgehead atoms. The minimum atomic E-state index is -0.663. The van der Waals surface area contributed by atoms with Gasteiger partial charge in [-0.3, -0.25) is 4.79 Å². The van der Waals surface area contributed by atoms with Gasteiger partial charge < -0.3 is 15.2 Å². The maximum Gasteiger partial charge on any atom is 0.322 e. The molecule has 0 radical (unpaired) electrons. The summed E-state index contributed by atoms with van der Waals surface area (Å²) in [7, 11) is 1.32. The van der Waals surface area contributed by atoms with E-state index in [9.17, 15) is 4.79 Å². The third-order valence-corrected chi connectivity index (χ3v) is 2.63. The lowest BCUT2D eigenvalue weighted by Gasteiger charge is -2.09. The summed E-state index contributed by atoms with van der Waals surface area (Å²) in [5.74, 6) is 0.189. The van der Waals surface area contributed by atoms with Gasteiger partial charge in [-0.2, -0.15) is 0 Å². The molecular formula is C14H16ClN3O3. The SMILES string of the molecule is COC(=O)[C@@H](N)Cc1ccc(Oc2ncccn2)cc1.Cl. The first-order valence-corrected chi connectivity index (χ1v) is 6.06. The van der Waals surface area contributed by atoms with E-state index >= 15 is 0 Å². The zero-order chi connectivity index (χ0) is 14.4. The fourth-order valence-electron chi connectivity index (χ4n) is 1.63. The van der Waals surface area contributed by atoms with Gasteiger partial charge in [-0.25, -0.2) is 9.97 Å². The molecule has 2 N–H and O–H groups in total. The Kier molecular flexibility index (Phi) is 6.58. The van der Waals surface area contributed by atoms with Crippen molar-refractivity contribution in [2.24, 2.45) is 5.73 Å². The monoisotopic (exact) mass is 309 g/mol. The lowest BCUT2D eigenvalue weighted by molar-refractivity contribution is -0.142. The van der Waals surface area contributed by atoms with Crippen molar-refractivity contribution in [1.82, 2.24) is 9.97 Å². The fraction of sp³-hybridized carbons (Fsp3) is 0.214. The van der Waals surface area contributed by atoms with Crippen LogP contribution in [-0.4, -0.2) is 29.1 Å². The second-order valence-corrected chi connectivity index (χ2v) is 4.11. The number of ether oxygens (including phenoxy) is 2. The number of rotatable bonds is 5. The van der Waals surface area contributed by atoms with E-state index in [-0.39, 0.29) is 18.4 Å². The Labute approximate surface area is 128 Å².